The normalized spacial score (nSPS) is 29.5. The first-order valence-electron chi connectivity index (χ1n) is 6.44. The molecule has 0 aromatic rings. The topological polar surface area (TPSA) is 0 Å². The van der Waals surface area contributed by atoms with E-state index in [4.69, 9.17) is 0 Å². The Bertz CT molecular complexity index is 143. The summed E-state index contributed by atoms with van der Waals surface area (Å²) in [6.45, 7) is 13.6. The fourth-order valence-corrected chi connectivity index (χ4v) is 2.68. The first kappa shape index (κ1) is 17.0. The van der Waals surface area contributed by atoms with Crippen molar-refractivity contribution >= 4 is 0 Å². The predicted octanol–water partition coefficient (Wildman–Crippen LogP) is 4.99. The summed E-state index contributed by atoms with van der Waals surface area (Å²) in [4.78, 5) is 0. The molecule has 1 aliphatic carbocycles. The molecular formula is C15H30. The Hall–Kier alpha value is -0.440. The lowest BCUT2D eigenvalue weighted by molar-refractivity contribution is 0.158. The van der Waals surface area contributed by atoms with Gasteiger partial charge < -0.3 is 0 Å². The molecule has 0 heteroatoms. The van der Waals surface area contributed by atoms with Gasteiger partial charge in [-0.05, 0) is 36.5 Å². The fraction of sp³-hybridized carbons (Fsp3) is 0.867. The Morgan fingerprint density at radius 1 is 1.00 bits per heavy atom. The molecule has 1 fully saturated rings. The molecule has 0 bridgehead atoms. The van der Waals surface area contributed by atoms with Gasteiger partial charge in [-0.2, -0.15) is 0 Å². The number of rotatable bonds is 1. The molecule has 90 valence electrons. The van der Waals surface area contributed by atoms with Crippen LogP contribution in [0.15, 0.2) is 0 Å². The van der Waals surface area contributed by atoms with Gasteiger partial charge in [-0.3, -0.25) is 0 Å². The van der Waals surface area contributed by atoms with Crippen LogP contribution in [-0.2, 0) is 0 Å². The SMILES string of the molecule is C#C.CC.CC(C)[C@@H]1CC[C@@H](C)C[C@H]1C. The standard InChI is InChI=1S/C11H22.C2H6.C2H2/c1-8(2)11-6-5-9(3)7-10(11)4;2*1-2/h8-11H,5-7H2,1-4H3;1-2H3;1-2H/t9-,10-,11+;;/m1../s1. The van der Waals surface area contributed by atoms with E-state index >= 15 is 0 Å². The second-order valence-electron chi connectivity index (χ2n) is 4.80. The van der Waals surface area contributed by atoms with Gasteiger partial charge in [0.15, 0.2) is 0 Å². The number of hydrogen-bond donors (Lipinski definition) is 0. The van der Waals surface area contributed by atoms with E-state index in [1.807, 2.05) is 13.8 Å². The van der Waals surface area contributed by atoms with E-state index in [9.17, 15) is 0 Å². The maximum atomic E-state index is 4.00. The summed E-state index contributed by atoms with van der Waals surface area (Å²) in [7, 11) is 0. The highest BCUT2D eigenvalue weighted by atomic mass is 14.3. The summed E-state index contributed by atoms with van der Waals surface area (Å²) < 4.78 is 0. The fourth-order valence-electron chi connectivity index (χ4n) is 2.68. The average molecular weight is 210 g/mol. The van der Waals surface area contributed by atoms with Gasteiger partial charge in [0.2, 0.25) is 0 Å². The van der Waals surface area contributed by atoms with Gasteiger partial charge in [0, 0.05) is 0 Å². The second kappa shape index (κ2) is 10.1. The zero-order valence-corrected chi connectivity index (χ0v) is 11.6. The predicted molar refractivity (Wildman–Crippen MR) is 71.7 cm³/mol. The summed E-state index contributed by atoms with van der Waals surface area (Å²) >= 11 is 0. The Balaban J connectivity index is 0. The van der Waals surface area contributed by atoms with Crippen molar-refractivity contribution in [1.29, 1.82) is 0 Å². The zero-order chi connectivity index (χ0) is 12.4. The molecule has 0 saturated heterocycles. The molecule has 1 rings (SSSR count). The van der Waals surface area contributed by atoms with Crippen LogP contribution in [0.5, 0.6) is 0 Å². The van der Waals surface area contributed by atoms with Gasteiger partial charge >= 0.3 is 0 Å². The Kier molecular flexibility index (Phi) is 11.4. The monoisotopic (exact) mass is 210 g/mol. The van der Waals surface area contributed by atoms with Gasteiger partial charge in [-0.15, -0.1) is 12.8 Å². The molecule has 1 saturated carbocycles. The summed E-state index contributed by atoms with van der Waals surface area (Å²) in [6, 6.07) is 0. The van der Waals surface area contributed by atoms with Crippen molar-refractivity contribution in [3.8, 4) is 12.8 Å². The molecule has 15 heavy (non-hydrogen) atoms. The van der Waals surface area contributed by atoms with Crippen LogP contribution in [0.2, 0.25) is 0 Å². The summed E-state index contributed by atoms with van der Waals surface area (Å²) in [6.07, 6.45) is 12.4. The number of hydrogen-bond acceptors (Lipinski definition) is 0. The van der Waals surface area contributed by atoms with Crippen LogP contribution >= 0.6 is 0 Å². The lowest BCUT2D eigenvalue weighted by Crippen LogP contribution is -2.25. The summed E-state index contributed by atoms with van der Waals surface area (Å²) in [5, 5.41) is 0. The molecule has 0 nitrogen and oxygen atoms in total. The van der Waals surface area contributed by atoms with Crippen LogP contribution in [-0.4, -0.2) is 0 Å². The highest BCUT2D eigenvalue weighted by Crippen LogP contribution is 2.37. The molecule has 0 aromatic heterocycles. The third-order valence-electron chi connectivity index (χ3n) is 3.35. The van der Waals surface area contributed by atoms with Crippen LogP contribution in [0.25, 0.3) is 0 Å². The molecule has 0 aromatic carbocycles. The second-order valence-corrected chi connectivity index (χ2v) is 4.80. The van der Waals surface area contributed by atoms with Gasteiger partial charge in [-0.1, -0.05) is 48.0 Å². The maximum Gasteiger partial charge on any atom is -0.0365 e. The third-order valence-corrected chi connectivity index (χ3v) is 3.35. The van der Waals surface area contributed by atoms with E-state index in [1.54, 1.807) is 0 Å². The van der Waals surface area contributed by atoms with Crippen molar-refractivity contribution in [1.82, 2.24) is 0 Å². The van der Waals surface area contributed by atoms with Crippen molar-refractivity contribution < 1.29 is 0 Å². The molecule has 3 atom stereocenters. The summed E-state index contributed by atoms with van der Waals surface area (Å²) in [5.41, 5.74) is 0. The van der Waals surface area contributed by atoms with Crippen LogP contribution in [0.3, 0.4) is 0 Å². The minimum atomic E-state index is 0.900. The van der Waals surface area contributed by atoms with Gasteiger partial charge in [0.25, 0.3) is 0 Å². The third kappa shape index (κ3) is 6.61. The van der Waals surface area contributed by atoms with E-state index in [1.165, 1.54) is 19.3 Å². The minimum absolute atomic E-state index is 0.900. The van der Waals surface area contributed by atoms with Crippen LogP contribution < -0.4 is 0 Å². The van der Waals surface area contributed by atoms with E-state index < -0.39 is 0 Å². The lowest BCUT2D eigenvalue weighted by atomic mass is 9.71. The summed E-state index contributed by atoms with van der Waals surface area (Å²) in [5.74, 6) is 3.86. The van der Waals surface area contributed by atoms with E-state index in [-0.39, 0.29) is 0 Å². The maximum absolute atomic E-state index is 4.00. The van der Waals surface area contributed by atoms with Crippen molar-refractivity contribution in [2.24, 2.45) is 23.7 Å². The van der Waals surface area contributed by atoms with Gasteiger partial charge in [0.1, 0.15) is 0 Å². The first-order valence-corrected chi connectivity index (χ1v) is 6.44. The molecule has 0 heterocycles. The van der Waals surface area contributed by atoms with Crippen molar-refractivity contribution in [3.05, 3.63) is 0 Å². The molecule has 0 aliphatic heterocycles. The lowest BCUT2D eigenvalue weighted by Gasteiger charge is -2.35. The minimum Gasteiger partial charge on any atom is -0.124 e. The first-order chi connectivity index (χ1) is 7.11. The van der Waals surface area contributed by atoms with Gasteiger partial charge in [-0.25, -0.2) is 0 Å². The highest BCUT2D eigenvalue weighted by molar-refractivity contribution is 4.77. The molecule has 1 aliphatic rings. The van der Waals surface area contributed by atoms with Crippen molar-refractivity contribution in [2.75, 3.05) is 0 Å². The molecule has 0 N–H and O–H groups in total. The quantitative estimate of drug-likeness (QED) is 0.535. The van der Waals surface area contributed by atoms with E-state index in [0.717, 1.165) is 23.7 Å². The van der Waals surface area contributed by atoms with E-state index in [2.05, 4.69) is 40.5 Å². The largest absolute Gasteiger partial charge is 0.124 e. The molecule has 0 spiro atoms. The Labute approximate surface area is 97.9 Å². The van der Waals surface area contributed by atoms with E-state index in [0.29, 0.717) is 0 Å². The molecule has 0 unspecified atom stereocenters. The molecule has 0 amide bonds. The zero-order valence-electron chi connectivity index (χ0n) is 11.6. The van der Waals surface area contributed by atoms with Gasteiger partial charge in [0.05, 0.1) is 0 Å². The van der Waals surface area contributed by atoms with Crippen molar-refractivity contribution in [3.63, 3.8) is 0 Å². The molecule has 0 radical (unpaired) electrons. The van der Waals surface area contributed by atoms with Crippen LogP contribution in [0, 0.1) is 36.5 Å². The van der Waals surface area contributed by atoms with Crippen LogP contribution in [0.4, 0.5) is 0 Å². The highest BCUT2D eigenvalue weighted by Gasteiger charge is 2.26. The average Bonchev–Trinajstić information content (AvgIpc) is 2.23. The number of terminal acetylenes is 1. The Morgan fingerprint density at radius 2 is 1.47 bits per heavy atom. The smallest absolute Gasteiger partial charge is 0.0365 e. The Morgan fingerprint density at radius 3 is 1.80 bits per heavy atom. The van der Waals surface area contributed by atoms with Crippen LogP contribution in [0.1, 0.15) is 60.8 Å². The van der Waals surface area contributed by atoms with Crippen molar-refractivity contribution in [2.45, 2.75) is 60.8 Å². The molecular weight excluding hydrogens is 180 g/mol.